The monoisotopic (exact) mass is 1450 g/mol. The van der Waals surface area contributed by atoms with E-state index < -0.39 is 156 Å². The lowest BCUT2D eigenvalue weighted by atomic mass is 9.96. The highest BCUT2D eigenvalue weighted by Gasteiger charge is 2.38. The van der Waals surface area contributed by atoms with Crippen LogP contribution in [0.4, 0.5) is 0 Å². The third kappa shape index (κ3) is 31.2. The summed E-state index contributed by atoms with van der Waals surface area (Å²) in [6, 6.07) is -6.92. The maximum atomic E-state index is 14.7. The van der Waals surface area contributed by atoms with Crippen LogP contribution in [0.15, 0.2) is 43.0 Å². The molecule has 0 saturated heterocycles. The van der Waals surface area contributed by atoms with Crippen LogP contribution in [0.3, 0.4) is 0 Å². The second kappa shape index (κ2) is 47.1. The van der Waals surface area contributed by atoms with Crippen molar-refractivity contribution in [3.8, 4) is 0 Å². The molecule has 2 heterocycles. The molecular formula is C69H117N19O13S. The highest BCUT2D eigenvalue weighted by Crippen LogP contribution is 2.21. The molecule has 0 aliphatic carbocycles. The molecule has 12 atom stereocenters. The number of nitrogens with one attached hydrogen (secondary N) is 13. The Morgan fingerprint density at radius 3 is 1.33 bits per heavy atom. The number of amides is 12. The van der Waals surface area contributed by atoms with Crippen molar-refractivity contribution in [2.45, 2.75) is 225 Å². The molecule has 0 radical (unpaired) electrons. The molecule has 572 valence electrons. The van der Waals surface area contributed by atoms with E-state index >= 15 is 0 Å². The molecule has 0 saturated carbocycles. The van der Waals surface area contributed by atoms with Crippen molar-refractivity contribution in [1.82, 2.24) is 73.4 Å². The first kappa shape index (κ1) is 88.0. The molecule has 2 aromatic heterocycles. The number of unbranched alkanes of at least 4 members (excludes halogenated alkanes) is 3. The molecule has 0 aliphatic heterocycles. The number of fused-ring (bicyclic) bond motifs is 1. The number of aliphatic hydroxyl groups excluding tert-OH is 1. The number of para-hydroxylation sites is 1. The van der Waals surface area contributed by atoms with Gasteiger partial charge < -0.3 is 102 Å². The van der Waals surface area contributed by atoms with Crippen molar-refractivity contribution >= 4 is 93.6 Å². The zero-order valence-electron chi connectivity index (χ0n) is 60.8. The summed E-state index contributed by atoms with van der Waals surface area (Å²) in [5.41, 5.74) is 30.3. The minimum absolute atomic E-state index is 0.00404. The Labute approximate surface area is 603 Å². The third-order valence-corrected chi connectivity index (χ3v) is 17.8. The normalized spacial score (nSPS) is 15.0. The summed E-state index contributed by atoms with van der Waals surface area (Å²) in [5.74, 6) is -10.0. The minimum atomic E-state index is -1.68. The van der Waals surface area contributed by atoms with Crippen LogP contribution >= 0.6 is 11.8 Å². The molecule has 0 unspecified atom stereocenters. The number of imidazole rings is 1. The number of rotatable bonds is 51. The lowest BCUT2D eigenvalue weighted by molar-refractivity contribution is -0.137. The molecule has 32 nitrogen and oxygen atoms in total. The summed E-state index contributed by atoms with van der Waals surface area (Å²) in [6.07, 6.45) is 10.0. The summed E-state index contributed by atoms with van der Waals surface area (Å²) < 4.78 is 0. The van der Waals surface area contributed by atoms with Gasteiger partial charge in [0.1, 0.15) is 66.5 Å². The molecule has 33 heteroatoms. The quantitative estimate of drug-likeness (QED) is 0.0294. The number of hydrogen-bond acceptors (Lipinski definition) is 19. The molecule has 0 bridgehead atoms. The summed E-state index contributed by atoms with van der Waals surface area (Å²) in [5, 5.41) is 41.3. The Bertz CT molecular complexity index is 3130. The topological polar surface area (TPSA) is 532 Å². The van der Waals surface area contributed by atoms with Crippen molar-refractivity contribution in [3.63, 3.8) is 0 Å². The van der Waals surface area contributed by atoms with Gasteiger partial charge in [-0.2, -0.15) is 11.8 Å². The highest BCUT2D eigenvalue weighted by molar-refractivity contribution is 7.98. The minimum Gasteiger partial charge on any atom is -0.394 e. The van der Waals surface area contributed by atoms with Gasteiger partial charge in [-0.05, 0) is 150 Å². The van der Waals surface area contributed by atoms with Gasteiger partial charge in [0.2, 0.25) is 70.9 Å². The fraction of sp³-hybridized carbons (Fsp3) is 0.667. The second-order valence-corrected chi connectivity index (χ2v) is 28.2. The number of carbonyl (C=O) groups is 12. The number of thioether (sulfide) groups is 1. The van der Waals surface area contributed by atoms with Gasteiger partial charge in [0.05, 0.1) is 19.5 Å². The summed E-state index contributed by atoms with van der Waals surface area (Å²) in [6.45, 7) is 14.0. The lowest BCUT2D eigenvalue weighted by Crippen LogP contribution is -2.62. The number of nitrogens with zero attached hydrogens (tertiary/aromatic N) is 1. The Kier molecular flexibility index (Phi) is 40.6. The number of benzene rings is 1. The first-order valence-electron chi connectivity index (χ1n) is 35.6. The Balaban J connectivity index is 1.92. The van der Waals surface area contributed by atoms with E-state index in [-0.39, 0.29) is 82.1 Å². The third-order valence-electron chi connectivity index (χ3n) is 17.2. The first-order valence-corrected chi connectivity index (χ1v) is 37.0. The molecule has 0 spiro atoms. The molecule has 1 aromatic carbocycles. The summed E-state index contributed by atoms with van der Waals surface area (Å²) in [4.78, 5) is 179. The number of aromatic amines is 2. The van der Waals surface area contributed by atoms with Crippen LogP contribution in [-0.4, -0.2) is 202 Å². The zero-order valence-corrected chi connectivity index (χ0v) is 61.7. The fourth-order valence-electron chi connectivity index (χ4n) is 11.3. The average Bonchev–Trinajstić information content (AvgIpc) is 1.58. The van der Waals surface area contributed by atoms with Gasteiger partial charge in [-0.25, -0.2) is 4.98 Å². The van der Waals surface area contributed by atoms with Gasteiger partial charge in [-0.15, -0.1) is 0 Å². The van der Waals surface area contributed by atoms with Gasteiger partial charge in [-0.1, -0.05) is 80.0 Å². The Hall–Kier alpha value is -8.24. The van der Waals surface area contributed by atoms with E-state index in [0.29, 0.717) is 75.0 Å². The standard InChI is InChI=1S/C69H117N19O13S/c1-10-42(8)58(69(101)86-53(31-41(6)7)63(95)79-47(59(74)91)21-13-16-25-70)88-67(99)55(33-44-36-75-38-77-44)85-61(93)49(23-15-18-27-72)80-64(96)51(29-39(2)3)82-65(97)52(30-40(4)5)83-68(100)56(37-89)87-62(94)50(24-28-102-9)81-66(98)54(32-43-35-76-46-20-12-11-19-45(43)46)84-60(92)48(22-14-17-26-71)78-57(90)34-73/h11-12,19-20,35-36,38-42,47-56,58,76,89H,10,13-18,21-34,37,70-73H2,1-9H3,(H2,74,91)(H,75,77)(H,78,90)(H,79,95)(H,80,96)(H,81,98)(H,82,97)(H,83,100)(H,84,92)(H,85,93)(H,86,101)(H,87,94)(H,88,99)/t42-,47-,48-,49-,50-,51-,52-,53-,54-,55-,56-,58-/m0/s1. The van der Waals surface area contributed by atoms with Crippen molar-refractivity contribution in [1.29, 1.82) is 0 Å². The molecule has 102 heavy (non-hydrogen) atoms. The largest absolute Gasteiger partial charge is 0.394 e. The number of carbonyl (C=O) groups excluding carboxylic acids is 12. The summed E-state index contributed by atoms with van der Waals surface area (Å²) >= 11 is 1.36. The maximum Gasteiger partial charge on any atom is 0.245 e. The lowest BCUT2D eigenvalue weighted by Gasteiger charge is -2.30. The van der Waals surface area contributed by atoms with Crippen LogP contribution in [0.2, 0.25) is 0 Å². The SMILES string of the molecule is CC[C@H](C)[C@H](NC(=O)[C@H](Cc1cnc[nH]1)NC(=O)[C@H](CCCCN)NC(=O)[C@H](CC(C)C)NC(=O)[C@H](CC(C)C)NC(=O)[C@H](CO)NC(=O)[C@H](CCSC)NC(=O)[C@H](Cc1c[nH]c2ccccc12)NC(=O)[C@H](CCCCN)NC(=O)CN)C(=O)N[C@@H](CC(C)C)C(=O)N[C@@H](CCCCN)C(N)=O. The van der Waals surface area contributed by atoms with Gasteiger partial charge in [-0.3, -0.25) is 57.5 Å². The van der Waals surface area contributed by atoms with E-state index in [1.165, 1.54) is 24.3 Å². The zero-order chi connectivity index (χ0) is 76.0. The van der Waals surface area contributed by atoms with E-state index in [1.807, 2.05) is 45.0 Å². The molecule has 3 aromatic rings. The molecule has 0 aliphatic rings. The first-order chi connectivity index (χ1) is 48.5. The van der Waals surface area contributed by atoms with Crippen molar-refractivity contribution < 1.29 is 62.6 Å². The number of aromatic nitrogens is 3. The Morgan fingerprint density at radius 1 is 0.480 bits per heavy atom. The van der Waals surface area contributed by atoms with Crippen LogP contribution in [-0.2, 0) is 70.4 Å². The van der Waals surface area contributed by atoms with Gasteiger partial charge >= 0.3 is 0 Å². The molecule has 3 rings (SSSR count). The molecule has 24 N–H and O–H groups in total. The number of aliphatic hydroxyl groups is 1. The van der Waals surface area contributed by atoms with Crippen molar-refractivity contribution in [3.05, 3.63) is 54.2 Å². The van der Waals surface area contributed by atoms with Crippen molar-refractivity contribution in [2.24, 2.45) is 52.3 Å². The van der Waals surface area contributed by atoms with E-state index in [1.54, 1.807) is 47.1 Å². The molecule has 0 fully saturated rings. The highest BCUT2D eigenvalue weighted by atomic mass is 32.2. The van der Waals surface area contributed by atoms with E-state index in [0.717, 1.165) is 10.9 Å². The van der Waals surface area contributed by atoms with Crippen LogP contribution in [0.5, 0.6) is 0 Å². The van der Waals surface area contributed by atoms with E-state index in [4.69, 9.17) is 28.7 Å². The Morgan fingerprint density at radius 2 is 0.882 bits per heavy atom. The van der Waals surface area contributed by atoms with Crippen molar-refractivity contribution in [2.75, 3.05) is 44.8 Å². The molecular weight excluding hydrogens is 1330 g/mol. The van der Waals surface area contributed by atoms with Crippen LogP contribution in [0.1, 0.15) is 157 Å². The predicted octanol–water partition coefficient (Wildman–Crippen LogP) is -1.23. The van der Waals surface area contributed by atoms with E-state index in [2.05, 4.69) is 73.4 Å². The number of hydrogen-bond donors (Lipinski definition) is 19. The fourth-order valence-corrected chi connectivity index (χ4v) is 11.8. The van der Waals surface area contributed by atoms with Gasteiger partial charge in [0.15, 0.2) is 0 Å². The van der Waals surface area contributed by atoms with Crippen LogP contribution in [0, 0.1) is 23.7 Å². The average molecular weight is 1450 g/mol. The second-order valence-electron chi connectivity index (χ2n) is 27.2. The van der Waals surface area contributed by atoms with Gasteiger partial charge in [0.25, 0.3) is 0 Å². The van der Waals surface area contributed by atoms with Crippen LogP contribution in [0.25, 0.3) is 10.9 Å². The maximum absolute atomic E-state index is 14.7. The number of nitrogens with two attached hydrogens (primary N) is 5. The molecule has 12 amide bonds. The summed E-state index contributed by atoms with van der Waals surface area (Å²) in [7, 11) is 0. The number of primary amides is 1. The van der Waals surface area contributed by atoms with E-state index in [9.17, 15) is 62.6 Å². The van der Waals surface area contributed by atoms with Crippen LogP contribution < -0.4 is 87.2 Å². The predicted molar refractivity (Wildman–Crippen MR) is 390 cm³/mol. The number of H-pyrrole nitrogens is 2. The smallest absolute Gasteiger partial charge is 0.245 e. The van der Waals surface area contributed by atoms with Gasteiger partial charge in [0, 0.05) is 41.8 Å².